The molecule has 0 aliphatic carbocycles. The fourth-order valence-electron chi connectivity index (χ4n) is 2.97. The average Bonchev–Trinajstić information content (AvgIpc) is 2.81. The molecule has 3 aromatic carbocycles. The van der Waals surface area contributed by atoms with Crippen LogP contribution in [0.25, 0.3) is 11.6 Å². The van der Waals surface area contributed by atoms with E-state index >= 15 is 0 Å². The van der Waals surface area contributed by atoms with Crippen LogP contribution in [0.15, 0.2) is 66.7 Å². The zero-order valence-corrected chi connectivity index (χ0v) is 17.0. The Morgan fingerprint density at radius 3 is 2.31 bits per heavy atom. The van der Waals surface area contributed by atoms with Crippen molar-refractivity contribution in [1.82, 2.24) is 0 Å². The van der Waals surface area contributed by atoms with Gasteiger partial charge in [0.05, 0.1) is 40.9 Å². The lowest BCUT2D eigenvalue weighted by Gasteiger charge is -2.12. The number of carbonyl (C=O) groups is 1. The highest BCUT2D eigenvalue weighted by Gasteiger charge is 2.20. The minimum absolute atomic E-state index is 0.0682. The van der Waals surface area contributed by atoms with Gasteiger partial charge in [0, 0.05) is 0 Å². The van der Waals surface area contributed by atoms with E-state index in [1.54, 1.807) is 0 Å². The van der Waals surface area contributed by atoms with E-state index in [9.17, 15) is 20.2 Å². The third kappa shape index (κ3) is 5.09. The molecule has 8 heteroatoms. The molecule has 32 heavy (non-hydrogen) atoms. The number of ether oxygens (including phenoxy) is 2. The van der Waals surface area contributed by atoms with Gasteiger partial charge in [0.2, 0.25) is 0 Å². The number of nitriles is 1. The van der Waals surface area contributed by atoms with E-state index in [1.165, 1.54) is 49.6 Å². The molecule has 0 unspecified atom stereocenters. The molecule has 3 aromatic rings. The molecule has 8 nitrogen and oxygen atoms in total. The number of rotatable bonds is 8. The SMILES string of the molecule is COc1cc(/C=C(\C#N)c2ccc(C(=O)O)cc2)c([N+](=O)[O-])cc1OCc1ccccc1. The van der Waals surface area contributed by atoms with Gasteiger partial charge in [-0.1, -0.05) is 42.5 Å². The first-order chi connectivity index (χ1) is 15.4. The van der Waals surface area contributed by atoms with E-state index in [-0.39, 0.29) is 40.5 Å². The van der Waals surface area contributed by atoms with Crippen molar-refractivity contribution in [3.05, 3.63) is 99.1 Å². The summed E-state index contributed by atoms with van der Waals surface area (Å²) in [5.74, 6) is -0.619. The fourth-order valence-corrected chi connectivity index (χ4v) is 2.97. The first-order valence-electron chi connectivity index (χ1n) is 9.41. The van der Waals surface area contributed by atoms with E-state index < -0.39 is 10.9 Å². The first-order valence-corrected chi connectivity index (χ1v) is 9.41. The molecule has 0 aliphatic rings. The second-order valence-corrected chi connectivity index (χ2v) is 6.65. The minimum Gasteiger partial charge on any atom is -0.493 e. The molecular formula is C24H18N2O6. The van der Waals surface area contributed by atoms with Gasteiger partial charge in [0.25, 0.3) is 5.69 Å². The molecule has 0 fully saturated rings. The summed E-state index contributed by atoms with van der Waals surface area (Å²) >= 11 is 0. The lowest BCUT2D eigenvalue weighted by Crippen LogP contribution is -2.00. The number of carboxylic acid groups (broad SMARTS) is 1. The highest BCUT2D eigenvalue weighted by molar-refractivity contribution is 5.93. The van der Waals surface area contributed by atoms with Crippen LogP contribution in [0.2, 0.25) is 0 Å². The summed E-state index contributed by atoms with van der Waals surface area (Å²) in [6.07, 6.45) is 1.36. The van der Waals surface area contributed by atoms with Crippen molar-refractivity contribution in [2.75, 3.05) is 7.11 Å². The molecular weight excluding hydrogens is 412 g/mol. The number of aromatic carboxylic acids is 1. The fraction of sp³-hybridized carbons (Fsp3) is 0.0833. The summed E-state index contributed by atoms with van der Waals surface area (Å²) in [6.45, 7) is 0.197. The Balaban J connectivity index is 2.00. The lowest BCUT2D eigenvalue weighted by atomic mass is 10.0. The quantitative estimate of drug-likeness (QED) is 0.232. The molecule has 3 rings (SSSR count). The van der Waals surface area contributed by atoms with Crippen molar-refractivity contribution in [2.24, 2.45) is 0 Å². The van der Waals surface area contributed by atoms with Crippen LogP contribution in [0.5, 0.6) is 11.5 Å². The molecule has 160 valence electrons. The van der Waals surface area contributed by atoms with E-state index in [1.807, 2.05) is 36.4 Å². The molecule has 0 heterocycles. The van der Waals surface area contributed by atoms with Gasteiger partial charge in [0.1, 0.15) is 6.61 Å². The minimum atomic E-state index is -1.09. The van der Waals surface area contributed by atoms with Gasteiger partial charge in [-0.25, -0.2) is 4.79 Å². The Morgan fingerprint density at radius 1 is 1.09 bits per heavy atom. The first kappa shape index (κ1) is 22.1. The Labute approximate surface area is 183 Å². The van der Waals surface area contributed by atoms with Gasteiger partial charge >= 0.3 is 5.97 Å². The summed E-state index contributed by atoms with van der Waals surface area (Å²) in [7, 11) is 1.42. The third-order valence-corrected chi connectivity index (χ3v) is 4.61. The Morgan fingerprint density at radius 2 is 1.75 bits per heavy atom. The number of nitrogens with zero attached hydrogens (tertiary/aromatic N) is 2. The summed E-state index contributed by atoms with van der Waals surface area (Å²) in [6, 6.07) is 19.7. The lowest BCUT2D eigenvalue weighted by molar-refractivity contribution is -0.385. The number of benzene rings is 3. The van der Waals surface area contributed by atoms with Gasteiger partial charge in [-0.3, -0.25) is 10.1 Å². The number of nitro groups is 1. The maximum Gasteiger partial charge on any atom is 0.335 e. The monoisotopic (exact) mass is 430 g/mol. The van der Waals surface area contributed by atoms with E-state index in [4.69, 9.17) is 14.6 Å². The van der Waals surface area contributed by atoms with Crippen molar-refractivity contribution in [1.29, 1.82) is 5.26 Å². The molecule has 0 amide bonds. The van der Waals surface area contributed by atoms with Gasteiger partial charge in [-0.2, -0.15) is 5.26 Å². The maximum atomic E-state index is 11.7. The predicted molar refractivity (Wildman–Crippen MR) is 117 cm³/mol. The van der Waals surface area contributed by atoms with Crippen LogP contribution in [0.4, 0.5) is 5.69 Å². The van der Waals surface area contributed by atoms with Crippen LogP contribution in [0.1, 0.15) is 27.0 Å². The maximum absolute atomic E-state index is 11.7. The number of carboxylic acids is 1. The van der Waals surface area contributed by atoms with Crippen LogP contribution in [0.3, 0.4) is 0 Å². The highest BCUT2D eigenvalue weighted by atomic mass is 16.6. The molecule has 0 atom stereocenters. The number of hydrogen-bond donors (Lipinski definition) is 1. The normalized spacial score (nSPS) is 10.8. The Kier molecular flexibility index (Phi) is 6.83. The predicted octanol–water partition coefficient (Wildman–Crippen LogP) is 4.94. The zero-order chi connectivity index (χ0) is 23.1. The van der Waals surface area contributed by atoms with Crippen LogP contribution >= 0.6 is 0 Å². The number of nitro benzene ring substituents is 1. The second-order valence-electron chi connectivity index (χ2n) is 6.65. The van der Waals surface area contributed by atoms with E-state index in [0.717, 1.165) is 5.56 Å². The summed E-state index contributed by atoms with van der Waals surface area (Å²) in [5, 5.41) is 30.3. The molecule has 0 radical (unpaired) electrons. The molecule has 0 aromatic heterocycles. The number of methoxy groups -OCH3 is 1. The zero-order valence-electron chi connectivity index (χ0n) is 17.0. The van der Waals surface area contributed by atoms with Crippen molar-refractivity contribution < 1.29 is 24.3 Å². The van der Waals surface area contributed by atoms with Gasteiger partial charge in [-0.05, 0) is 35.4 Å². The van der Waals surface area contributed by atoms with Gasteiger partial charge < -0.3 is 14.6 Å². The second kappa shape index (κ2) is 9.91. The largest absolute Gasteiger partial charge is 0.493 e. The number of allylic oxidation sites excluding steroid dienone is 1. The summed E-state index contributed by atoms with van der Waals surface area (Å²) in [5.41, 5.74) is 1.40. The van der Waals surface area contributed by atoms with Gasteiger partial charge in [-0.15, -0.1) is 0 Å². The summed E-state index contributed by atoms with van der Waals surface area (Å²) in [4.78, 5) is 22.2. The van der Waals surface area contributed by atoms with Crippen molar-refractivity contribution >= 4 is 23.3 Å². The Bertz CT molecular complexity index is 1210. The number of hydrogen-bond acceptors (Lipinski definition) is 6. The molecule has 0 bridgehead atoms. The highest BCUT2D eigenvalue weighted by Crippen LogP contribution is 2.37. The summed E-state index contributed by atoms with van der Waals surface area (Å²) < 4.78 is 11.1. The van der Waals surface area contributed by atoms with Crippen LogP contribution in [-0.4, -0.2) is 23.1 Å². The van der Waals surface area contributed by atoms with Crippen LogP contribution < -0.4 is 9.47 Å². The molecule has 0 saturated heterocycles. The van der Waals surface area contributed by atoms with Crippen LogP contribution in [0, 0.1) is 21.4 Å². The third-order valence-electron chi connectivity index (χ3n) is 4.61. The van der Waals surface area contributed by atoms with Crippen molar-refractivity contribution in [3.8, 4) is 17.6 Å². The van der Waals surface area contributed by atoms with E-state index in [0.29, 0.717) is 5.56 Å². The molecule has 0 spiro atoms. The van der Waals surface area contributed by atoms with Gasteiger partial charge in [0.15, 0.2) is 11.5 Å². The van der Waals surface area contributed by atoms with Crippen molar-refractivity contribution in [3.63, 3.8) is 0 Å². The van der Waals surface area contributed by atoms with Crippen molar-refractivity contribution in [2.45, 2.75) is 6.61 Å². The standard InChI is InChI=1S/C24H18N2O6/c1-31-22-12-19(11-20(14-25)17-7-9-18(10-8-17)24(27)28)21(26(29)30)13-23(22)32-15-16-5-3-2-4-6-16/h2-13H,15H2,1H3,(H,27,28)/b20-11+. The Hall–Kier alpha value is -4.64. The molecule has 0 aliphatic heterocycles. The molecule has 1 N–H and O–H groups in total. The van der Waals surface area contributed by atoms with Crippen LogP contribution in [-0.2, 0) is 6.61 Å². The van der Waals surface area contributed by atoms with E-state index in [2.05, 4.69) is 0 Å². The average molecular weight is 430 g/mol. The topological polar surface area (TPSA) is 123 Å². The smallest absolute Gasteiger partial charge is 0.335 e. The molecule has 0 saturated carbocycles.